The summed E-state index contributed by atoms with van der Waals surface area (Å²) in [4.78, 5) is 8.69. The lowest BCUT2D eigenvalue weighted by molar-refractivity contribution is 0.714. The van der Waals surface area contributed by atoms with Crippen LogP contribution in [-0.4, -0.2) is 24.7 Å². The van der Waals surface area contributed by atoms with Crippen LogP contribution in [0, 0.1) is 13.8 Å². The average Bonchev–Trinajstić information content (AvgIpc) is 2.70. The maximum absolute atomic E-state index is 4.42. The molecule has 0 bridgehead atoms. The van der Waals surface area contributed by atoms with Gasteiger partial charge in [0, 0.05) is 13.2 Å². The number of aromatic nitrogens is 5. The number of nitrogens with zero attached hydrogens (tertiary/aromatic N) is 5. The summed E-state index contributed by atoms with van der Waals surface area (Å²) < 4.78 is 1.89. The maximum atomic E-state index is 4.42. The Morgan fingerprint density at radius 1 is 1.35 bits per heavy atom. The second kappa shape index (κ2) is 4.48. The highest BCUT2D eigenvalue weighted by molar-refractivity contribution is 5.41. The number of rotatable bonds is 3. The van der Waals surface area contributed by atoms with Crippen LogP contribution in [0.5, 0.6) is 0 Å². The van der Waals surface area contributed by atoms with Gasteiger partial charge in [-0.05, 0) is 20.8 Å². The van der Waals surface area contributed by atoms with E-state index in [4.69, 9.17) is 0 Å². The first kappa shape index (κ1) is 11.5. The van der Waals surface area contributed by atoms with Crippen LogP contribution in [0.1, 0.15) is 30.2 Å². The molecule has 0 aliphatic rings. The van der Waals surface area contributed by atoms with Crippen LogP contribution >= 0.6 is 0 Å². The summed E-state index contributed by atoms with van der Waals surface area (Å²) >= 11 is 0. The van der Waals surface area contributed by atoms with Gasteiger partial charge >= 0.3 is 0 Å². The van der Waals surface area contributed by atoms with Crippen LogP contribution in [0.15, 0.2) is 12.5 Å². The van der Waals surface area contributed by atoms with Crippen molar-refractivity contribution in [3.8, 4) is 0 Å². The molecule has 0 aliphatic heterocycles. The predicted octanol–water partition coefficient (Wildman–Crippen LogP) is 1.40. The van der Waals surface area contributed by atoms with Crippen molar-refractivity contribution in [1.82, 2.24) is 24.7 Å². The van der Waals surface area contributed by atoms with Gasteiger partial charge in [0.25, 0.3) is 0 Å². The molecule has 2 heterocycles. The summed E-state index contributed by atoms with van der Waals surface area (Å²) in [5, 5.41) is 11.2. The standard InChI is InChI=1S/C11H16N6/c1-7-5-12-8(2)10(14-7)15-9(3)11-16-13-6-17(11)4/h5-6,9H,1-4H3,(H,14,15). The third-order valence-electron chi connectivity index (χ3n) is 2.56. The summed E-state index contributed by atoms with van der Waals surface area (Å²) in [5.41, 5.74) is 1.77. The SMILES string of the molecule is Cc1cnc(C)c(NC(C)c2nncn2C)n1. The molecule has 2 aromatic rings. The second-order valence-electron chi connectivity index (χ2n) is 4.11. The van der Waals surface area contributed by atoms with Crippen LogP contribution in [-0.2, 0) is 7.05 Å². The van der Waals surface area contributed by atoms with E-state index < -0.39 is 0 Å². The maximum Gasteiger partial charge on any atom is 0.154 e. The molecule has 0 radical (unpaired) electrons. The Bertz CT molecular complexity index is 518. The Morgan fingerprint density at radius 3 is 2.76 bits per heavy atom. The van der Waals surface area contributed by atoms with Crippen LogP contribution < -0.4 is 5.32 Å². The van der Waals surface area contributed by atoms with Gasteiger partial charge in [0.15, 0.2) is 5.82 Å². The van der Waals surface area contributed by atoms with Gasteiger partial charge in [-0.25, -0.2) is 4.98 Å². The molecule has 17 heavy (non-hydrogen) atoms. The summed E-state index contributed by atoms with van der Waals surface area (Å²) in [6, 6.07) is 0.0392. The van der Waals surface area contributed by atoms with Crippen molar-refractivity contribution in [1.29, 1.82) is 0 Å². The van der Waals surface area contributed by atoms with Crippen molar-refractivity contribution in [2.24, 2.45) is 7.05 Å². The first-order chi connectivity index (χ1) is 8.08. The molecule has 0 spiro atoms. The van der Waals surface area contributed by atoms with E-state index in [-0.39, 0.29) is 6.04 Å². The Balaban J connectivity index is 2.21. The number of nitrogens with one attached hydrogen (secondary N) is 1. The Labute approximate surface area is 100 Å². The highest BCUT2D eigenvalue weighted by Crippen LogP contribution is 2.17. The molecule has 1 N–H and O–H groups in total. The van der Waals surface area contributed by atoms with E-state index in [0.29, 0.717) is 0 Å². The van der Waals surface area contributed by atoms with E-state index >= 15 is 0 Å². The molecule has 0 aromatic carbocycles. The van der Waals surface area contributed by atoms with Gasteiger partial charge in [-0.3, -0.25) is 4.98 Å². The molecule has 0 saturated carbocycles. The summed E-state index contributed by atoms with van der Waals surface area (Å²) in [6.45, 7) is 5.87. The van der Waals surface area contributed by atoms with Crippen molar-refractivity contribution in [3.63, 3.8) is 0 Å². The number of aryl methyl sites for hydroxylation is 3. The molecule has 0 amide bonds. The zero-order valence-electron chi connectivity index (χ0n) is 10.5. The number of hydrogen-bond acceptors (Lipinski definition) is 5. The average molecular weight is 232 g/mol. The minimum Gasteiger partial charge on any atom is -0.359 e. The van der Waals surface area contributed by atoms with E-state index in [1.807, 2.05) is 32.4 Å². The van der Waals surface area contributed by atoms with E-state index in [1.165, 1.54) is 0 Å². The molecule has 0 saturated heterocycles. The fraction of sp³-hybridized carbons (Fsp3) is 0.455. The highest BCUT2D eigenvalue weighted by atomic mass is 15.3. The summed E-state index contributed by atoms with van der Waals surface area (Å²) in [7, 11) is 1.92. The number of anilines is 1. The van der Waals surface area contributed by atoms with Gasteiger partial charge in [0.2, 0.25) is 0 Å². The van der Waals surface area contributed by atoms with Crippen LogP contribution in [0.2, 0.25) is 0 Å². The van der Waals surface area contributed by atoms with E-state index in [1.54, 1.807) is 12.5 Å². The van der Waals surface area contributed by atoms with Gasteiger partial charge in [-0.1, -0.05) is 0 Å². The predicted molar refractivity (Wildman–Crippen MR) is 64.5 cm³/mol. The molecule has 1 unspecified atom stereocenters. The van der Waals surface area contributed by atoms with Crippen LogP contribution in [0.4, 0.5) is 5.82 Å². The lowest BCUT2D eigenvalue weighted by Gasteiger charge is -2.15. The first-order valence-electron chi connectivity index (χ1n) is 5.48. The van der Waals surface area contributed by atoms with Gasteiger partial charge < -0.3 is 9.88 Å². The normalized spacial score (nSPS) is 12.5. The van der Waals surface area contributed by atoms with Crippen molar-refractivity contribution >= 4 is 5.82 Å². The van der Waals surface area contributed by atoms with Crippen LogP contribution in [0.25, 0.3) is 0 Å². The molecule has 2 aromatic heterocycles. The minimum absolute atomic E-state index is 0.0392. The van der Waals surface area contributed by atoms with Crippen molar-refractivity contribution < 1.29 is 0 Å². The van der Waals surface area contributed by atoms with Gasteiger partial charge in [-0.15, -0.1) is 10.2 Å². The smallest absolute Gasteiger partial charge is 0.154 e. The van der Waals surface area contributed by atoms with Crippen molar-refractivity contribution in [3.05, 3.63) is 29.7 Å². The minimum atomic E-state index is 0.0392. The molecule has 0 aliphatic carbocycles. The zero-order chi connectivity index (χ0) is 12.4. The zero-order valence-corrected chi connectivity index (χ0v) is 10.5. The molecular formula is C11H16N6. The van der Waals surface area contributed by atoms with Gasteiger partial charge in [0.1, 0.15) is 12.1 Å². The highest BCUT2D eigenvalue weighted by Gasteiger charge is 2.13. The molecule has 6 nitrogen and oxygen atoms in total. The van der Waals surface area contributed by atoms with E-state index in [9.17, 15) is 0 Å². The summed E-state index contributed by atoms with van der Waals surface area (Å²) in [5.74, 6) is 1.66. The molecule has 2 rings (SSSR count). The van der Waals surface area contributed by atoms with Crippen LogP contribution in [0.3, 0.4) is 0 Å². The van der Waals surface area contributed by atoms with E-state index in [2.05, 4.69) is 25.5 Å². The Kier molecular flexibility index (Phi) is 3.03. The lowest BCUT2D eigenvalue weighted by Crippen LogP contribution is -2.14. The third-order valence-corrected chi connectivity index (χ3v) is 2.56. The van der Waals surface area contributed by atoms with Crippen molar-refractivity contribution in [2.45, 2.75) is 26.8 Å². The fourth-order valence-corrected chi connectivity index (χ4v) is 1.63. The van der Waals surface area contributed by atoms with Crippen molar-refractivity contribution in [2.75, 3.05) is 5.32 Å². The molecule has 0 fully saturated rings. The first-order valence-corrected chi connectivity index (χ1v) is 5.48. The fourth-order valence-electron chi connectivity index (χ4n) is 1.63. The number of hydrogen-bond donors (Lipinski definition) is 1. The van der Waals surface area contributed by atoms with E-state index in [0.717, 1.165) is 23.0 Å². The quantitative estimate of drug-likeness (QED) is 0.866. The molecule has 6 heteroatoms. The summed E-state index contributed by atoms with van der Waals surface area (Å²) in [6.07, 6.45) is 3.44. The van der Waals surface area contributed by atoms with Gasteiger partial charge in [-0.2, -0.15) is 0 Å². The Morgan fingerprint density at radius 2 is 2.12 bits per heavy atom. The Hall–Kier alpha value is -1.98. The largest absolute Gasteiger partial charge is 0.359 e. The molecule has 90 valence electrons. The monoisotopic (exact) mass is 232 g/mol. The third kappa shape index (κ3) is 2.41. The van der Waals surface area contributed by atoms with Gasteiger partial charge in [0.05, 0.1) is 17.4 Å². The second-order valence-corrected chi connectivity index (χ2v) is 4.11. The topological polar surface area (TPSA) is 68.5 Å². The molecular weight excluding hydrogens is 216 g/mol. The molecule has 1 atom stereocenters. The lowest BCUT2D eigenvalue weighted by atomic mass is 10.3.